The highest BCUT2D eigenvalue weighted by atomic mass is 16.3. The predicted molar refractivity (Wildman–Crippen MR) is 76.0 cm³/mol. The van der Waals surface area contributed by atoms with Crippen LogP contribution in [0.15, 0.2) is 48.5 Å². The Morgan fingerprint density at radius 1 is 1.21 bits per heavy atom. The Morgan fingerprint density at radius 2 is 1.95 bits per heavy atom. The van der Waals surface area contributed by atoms with Crippen LogP contribution in [0.3, 0.4) is 0 Å². The van der Waals surface area contributed by atoms with Gasteiger partial charge in [0.25, 0.3) is 0 Å². The van der Waals surface area contributed by atoms with Crippen molar-refractivity contribution < 1.29 is 9.90 Å². The number of phenolic OH excluding ortho intramolecular Hbond substituents is 1. The SMILES string of the molecule is CC(C(=O)Nc1cccc(O)c1)c1cccc(N)c1. The Labute approximate surface area is 111 Å². The molecular formula is C15H16N2O2. The molecule has 98 valence electrons. The number of benzene rings is 2. The van der Waals surface area contributed by atoms with Crippen LogP contribution in [0.1, 0.15) is 18.4 Å². The van der Waals surface area contributed by atoms with Gasteiger partial charge in [-0.2, -0.15) is 0 Å². The molecule has 0 aliphatic rings. The van der Waals surface area contributed by atoms with Gasteiger partial charge >= 0.3 is 0 Å². The van der Waals surface area contributed by atoms with Crippen LogP contribution in [-0.2, 0) is 4.79 Å². The van der Waals surface area contributed by atoms with Crippen LogP contribution in [0, 0.1) is 0 Å². The van der Waals surface area contributed by atoms with Crippen molar-refractivity contribution in [2.75, 3.05) is 11.1 Å². The van der Waals surface area contributed by atoms with Crippen molar-refractivity contribution in [1.82, 2.24) is 0 Å². The van der Waals surface area contributed by atoms with E-state index < -0.39 is 0 Å². The number of carbonyl (C=O) groups excluding carboxylic acids is 1. The molecule has 19 heavy (non-hydrogen) atoms. The lowest BCUT2D eigenvalue weighted by Crippen LogP contribution is -2.18. The van der Waals surface area contributed by atoms with E-state index in [1.165, 1.54) is 6.07 Å². The summed E-state index contributed by atoms with van der Waals surface area (Å²) < 4.78 is 0. The number of hydrogen-bond acceptors (Lipinski definition) is 3. The van der Waals surface area contributed by atoms with E-state index >= 15 is 0 Å². The smallest absolute Gasteiger partial charge is 0.231 e. The van der Waals surface area contributed by atoms with E-state index in [-0.39, 0.29) is 17.6 Å². The van der Waals surface area contributed by atoms with E-state index in [2.05, 4.69) is 5.32 Å². The molecule has 4 nitrogen and oxygen atoms in total. The number of aromatic hydroxyl groups is 1. The summed E-state index contributed by atoms with van der Waals surface area (Å²) in [4.78, 5) is 12.1. The molecule has 0 spiro atoms. The Bertz CT molecular complexity index is 596. The van der Waals surface area contributed by atoms with Crippen LogP contribution in [0.5, 0.6) is 5.75 Å². The van der Waals surface area contributed by atoms with Gasteiger partial charge < -0.3 is 16.2 Å². The molecule has 1 atom stereocenters. The average molecular weight is 256 g/mol. The van der Waals surface area contributed by atoms with E-state index in [1.807, 2.05) is 19.1 Å². The Hall–Kier alpha value is -2.49. The lowest BCUT2D eigenvalue weighted by molar-refractivity contribution is -0.117. The molecule has 0 aliphatic carbocycles. The van der Waals surface area contributed by atoms with Crippen molar-refractivity contribution in [3.8, 4) is 5.75 Å². The second kappa shape index (κ2) is 5.44. The first-order chi connectivity index (χ1) is 9.06. The largest absolute Gasteiger partial charge is 0.508 e. The molecule has 0 saturated heterocycles. The first-order valence-electron chi connectivity index (χ1n) is 6.01. The second-order valence-electron chi connectivity index (χ2n) is 4.43. The highest BCUT2D eigenvalue weighted by molar-refractivity contribution is 5.95. The first kappa shape index (κ1) is 13.0. The van der Waals surface area contributed by atoms with Gasteiger partial charge in [-0.25, -0.2) is 0 Å². The third-order valence-electron chi connectivity index (χ3n) is 2.92. The van der Waals surface area contributed by atoms with Crippen LogP contribution >= 0.6 is 0 Å². The number of phenols is 1. The Kier molecular flexibility index (Phi) is 3.71. The van der Waals surface area contributed by atoms with Crippen molar-refractivity contribution >= 4 is 17.3 Å². The van der Waals surface area contributed by atoms with E-state index in [0.717, 1.165) is 5.56 Å². The maximum Gasteiger partial charge on any atom is 0.231 e. The highest BCUT2D eigenvalue weighted by Crippen LogP contribution is 2.21. The third-order valence-corrected chi connectivity index (χ3v) is 2.92. The first-order valence-corrected chi connectivity index (χ1v) is 6.01. The molecule has 2 rings (SSSR count). The number of nitrogen functional groups attached to an aromatic ring is 1. The number of carbonyl (C=O) groups is 1. The number of amides is 1. The summed E-state index contributed by atoms with van der Waals surface area (Å²) in [7, 11) is 0. The maximum absolute atomic E-state index is 12.1. The summed E-state index contributed by atoms with van der Waals surface area (Å²) in [6, 6.07) is 13.7. The van der Waals surface area contributed by atoms with E-state index in [0.29, 0.717) is 11.4 Å². The fraction of sp³-hybridized carbons (Fsp3) is 0.133. The minimum atomic E-state index is -0.314. The molecular weight excluding hydrogens is 240 g/mol. The van der Waals surface area contributed by atoms with Gasteiger partial charge in [-0.1, -0.05) is 18.2 Å². The molecule has 2 aromatic rings. The van der Waals surface area contributed by atoms with Gasteiger partial charge in [-0.05, 0) is 36.8 Å². The quantitative estimate of drug-likeness (QED) is 0.739. The molecule has 0 aliphatic heterocycles. The molecule has 4 N–H and O–H groups in total. The van der Waals surface area contributed by atoms with Crippen molar-refractivity contribution in [2.24, 2.45) is 0 Å². The van der Waals surface area contributed by atoms with Gasteiger partial charge in [0.1, 0.15) is 5.75 Å². The van der Waals surface area contributed by atoms with Crippen LogP contribution in [0.25, 0.3) is 0 Å². The zero-order chi connectivity index (χ0) is 13.8. The van der Waals surface area contributed by atoms with E-state index in [1.54, 1.807) is 30.3 Å². The summed E-state index contributed by atoms with van der Waals surface area (Å²) in [5, 5.41) is 12.1. The molecule has 0 radical (unpaired) electrons. The lowest BCUT2D eigenvalue weighted by Gasteiger charge is -2.13. The second-order valence-corrected chi connectivity index (χ2v) is 4.43. The van der Waals surface area contributed by atoms with Gasteiger partial charge in [0.2, 0.25) is 5.91 Å². The molecule has 1 amide bonds. The molecule has 1 unspecified atom stereocenters. The van der Waals surface area contributed by atoms with Crippen LogP contribution in [-0.4, -0.2) is 11.0 Å². The highest BCUT2D eigenvalue weighted by Gasteiger charge is 2.15. The molecule has 4 heteroatoms. The number of nitrogens with one attached hydrogen (secondary N) is 1. The minimum Gasteiger partial charge on any atom is -0.508 e. The Balaban J connectivity index is 2.12. The molecule has 0 saturated carbocycles. The standard InChI is InChI=1S/C15H16N2O2/c1-10(11-4-2-5-12(16)8-11)15(19)17-13-6-3-7-14(18)9-13/h2-10,18H,16H2,1H3,(H,17,19). The average Bonchev–Trinajstić information content (AvgIpc) is 2.38. The van der Waals surface area contributed by atoms with Gasteiger partial charge in [0.15, 0.2) is 0 Å². The van der Waals surface area contributed by atoms with Crippen molar-refractivity contribution in [3.05, 3.63) is 54.1 Å². The maximum atomic E-state index is 12.1. The fourth-order valence-electron chi connectivity index (χ4n) is 1.81. The van der Waals surface area contributed by atoms with Crippen LogP contribution < -0.4 is 11.1 Å². The predicted octanol–water partition coefficient (Wildman–Crippen LogP) is 2.72. The number of anilines is 2. The van der Waals surface area contributed by atoms with Gasteiger partial charge in [-0.15, -0.1) is 0 Å². The molecule has 2 aromatic carbocycles. The summed E-state index contributed by atoms with van der Waals surface area (Å²) in [6.07, 6.45) is 0. The van der Waals surface area contributed by atoms with Gasteiger partial charge in [0.05, 0.1) is 5.92 Å². The minimum absolute atomic E-state index is 0.120. The monoisotopic (exact) mass is 256 g/mol. The molecule has 0 aromatic heterocycles. The summed E-state index contributed by atoms with van der Waals surface area (Å²) >= 11 is 0. The van der Waals surface area contributed by atoms with Crippen molar-refractivity contribution in [2.45, 2.75) is 12.8 Å². The number of nitrogens with two attached hydrogens (primary N) is 1. The lowest BCUT2D eigenvalue weighted by atomic mass is 10.00. The van der Waals surface area contributed by atoms with Crippen LogP contribution in [0.2, 0.25) is 0 Å². The van der Waals surface area contributed by atoms with Gasteiger partial charge in [-0.3, -0.25) is 4.79 Å². The third kappa shape index (κ3) is 3.25. The normalized spacial score (nSPS) is 11.8. The summed E-state index contributed by atoms with van der Waals surface area (Å²) in [5.41, 5.74) is 7.77. The van der Waals surface area contributed by atoms with Crippen LogP contribution in [0.4, 0.5) is 11.4 Å². The topological polar surface area (TPSA) is 75.3 Å². The number of hydrogen-bond donors (Lipinski definition) is 3. The summed E-state index contributed by atoms with van der Waals surface area (Å²) in [6.45, 7) is 1.81. The fourth-order valence-corrected chi connectivity index (χ4v) is 1.81. The molecule has 0 bridgehead atoms. The molecule has 0 heterocycles. The van der Waals surface area contributed by atoms with Gasteiger partial charge in [0, 0.05) is 17.4 Å². The molecule has 0 fully saturated rings. The van der Waals surface area contributed by atoms with Crippen molar-refractivity contribution in [1.29, 1.82) is 0 Å². The van der Waals surface area contributed by atoms with E-state index in [4.69, 9.17) is 5.73 Å². The zero-order valence-corrected chi connectivity index (χ0v) is 10.6. The van der Waals surface area contributed by atoms with E-state index in [9.17, 15) is 9.90 Å². The van der Waals surface area contributed by atoms with Crippen molar-refractivity contribution in [3.63, 3.8) is 0 Å². The zero-order valence-electron chi connectivity index (χ0n) is 10.6. The Morgan fingerprint density at radius 3 is 2.63 bits per heavy atom. The summed E-state index contributed by atoms with van der Waals surface area (Å²) in [5.74, 6) is -0.337. The number of rotatable bonds is 3.